The van der Waals surface area contributed by atoms with Crippen LogP contribution in [0.15, 0.2) is 65.3 Å². The maximum absolute atomic E-state index is 13.1. The Balaban J connectivity index is 1.74. The summed E-state index contributed by atoms with van der Waals surface area (Å²) < 4.78 is 15.0. The summed E-state index contributed by atoms with van der Waals surface area (Å²) in [7, 11) is 2.52. The Morgan fingerprint density at radius 1 is 1.00 bits per heavy atom. The molecule has 1 aliphatic rings. The highest BCUT2D eigenvalue weighted by molar-refractivity contribution is 6.00. The number of nitrogens with zero attached hydrogens (tertiary/aromatic N) is 1. The monoisotopic (exact) mass is 420 g/mol. The zero-order chi connectivity index (χ0) is 22.0. The second kappa shape index (κ2) is 8.35. The lowest BCUT2D eigenvalue weighted by atomic mass is 10.1. The maximum atomic E-state index is 13.1. The Morgan fingerprint density at radius 3 is 2.29 bits per heavy atom. The molecule has 158 valence electrons. The summed E-state index contributed by atoms with van der Waals surface area (Å²) in [4.78, 5) is 38.9. The first kappa shape index (κ1) is 20.2. The lowest BCUT2D eigenvalue weighted by Gasteiger charge is -2.26. The van der Waals surface area contributed by atoms with E-state index in [0.29, 0.717) is 17.0 Å². The van der Waals surface area contributed by atoms with E-state index >= 15 is 0 Å². The quantitative estimate of drug-likeness (QED) is 0.608. The molecule has 1 amide bonds. The molecule has 0 saturated carbocycles. The van der Waals surface area contributed by atoms with Gasteiger partial charge < -0.3 is 24.1 Å². The van der Waals surface area contributed by atoms with Crippen LogP contribution in [-0.2, 0) is 16.0 Å². The molecule has 0 bridgehead atoms. The van der Waals surface area contributed by atoms with Crippen LogP contribution < -0.4 is 5.32 Å². The van der Waals surface area contributed by atoms with Crippen LogP contribution in [0.2, 0.25) is 0 Å². The van der Waals surface area contributed by atoms with Gasteiger partial charge in [-0.25, -0.2) is 9.59 Å². The van der Waals surface area contributed by atoms with Crippen molar-refractivity contribution in [3.05, 3.63) is 88.9 Å². The number of ether oxygens (including phenoxy) is 2. The van der Waals surface area contributed by atoms with Gasteiger partial charge in [-0.2, -0.15) is 0 Å². The Bertz CT molecular complexity index is 1100. The zero-order valence-electron chi connectivity index (χ0n) is 17.0. The third-order valence-corrected chi connectivity index (χ3v) is 5.04. The number of rotatable bonds is 6. The van der Waals surface area contributed by atoms with Crippen LogP contribution >= 0.6 is 0 Å². The van der Waals surface area contributed by atoms with E-state index in [1.807, 2.05) is 12.1 Å². The summed E-state index contributed by atoms with van der Waals surface area (Å²) >= 11 is 0. The largest absolute Gasteiger partial charge is 0.467 e. The van der Waals surface area contributed by atoms with E-state index in [4.69, 9.17) is 13.9 Å². The Kier molecular flexibility index (Phi) is 5.44. The van der Waals surface area contributed by atoms with Crippen molar-refractivity contribution in [2.75, 3.05) is 19.5 Å². The summed E-state index contributed by atoms with van der Waals surface area (Å²) in [6.45, 7) is 0.249. The van der Waals surface area contributed by atoms with Gasteiger partial charge in [0.05, 0.1) is 38.2 Å². The molecule has 8 heteroatoms. The average molecular weight is 420 g/mol. The highest BCUT2D eigenvalue weighted by atomic mass is 16.5. The fourth-order valence-corrected chi connectivity index (χ4v) is 3.60. The molecule has 0 saturated heterocycles. The lowest BCUT2D eigenvalue weighted by molar-refractivity contribution is 0.0597. The average Bonchev–Trinajstić information content (AvgIpc) is 3.41. The van der Waals surface area contributed by atoms with Gasteiger partial charge in [0.1, 0.15) is 11.9 Å². The number of fused-ring (bicyclic) bond motifs is 1. The van der Waals surface area contributed by atoms with Crippen molar-refractivity contribution in [1.82, 2.24) is 4.90 Å². The molecule has 0 spiro atoms. The van der Waals surface area contributed by atoms with Crippen molar-refractivity contribution in [3.8, 4) is 0 Å². The molecule has 2 heterocycles. The van der Waals surface area contributed by atoms with Crippen molar-refractivity contribution < 1.29 is 28.3 Å². The van der Waals surface area contributed by atoms with E-state index < -0.39 is 18.1 Å². The summed E-state index contributed by atoms with van der Waals surface area (Å²) in [6, 6.07) is 15.4. The van der Waals surface area contributed by atoms with E-state index in [0.717, 1.165) is 5.56 Å². The van der Waals surface area contributed by atoms with Gasteiger partial charge in [0.15, 0.2) is 0 Å². The minimum Gasteiger partial charge on any atom is -0.467 e. The van der Waals surface area contributed by atoms with Crippen LogP contribution in [0.25, 0.3) is 0 Å². The predicted octanol–water partition coefficient (Wildman–Crippen LogP) is 3.62. The van der Waals surface area contributed by atoms with E-state index in [2.05, 4.69) is 5.32 Å². The number of benzene rings is 2. The molecule has 3 aromatic rings. The van der Waals surface area contributed by atoms with Crippen LogP contribution in [0.3, 0.4) is 0 Å². The fourth-order valence-electron chi connectivity index (χ4n) is 3.60. The number of methoxy groups -OCH3 is 2. The zero-order valence-corrected chi connectivity index (χ0v) is 17.0. The van der Waals surface area contributed by atoms with Crippen molar-refractivity contribution in [2.45, 2.75) is 12.7 Å². The van der Waals surface area contributed by atoms with E-state index in [1.165, 1.54) is 20.3 Å². The summed E-state index contributed by atoms with van der Waals surface area (Å²) in [6.07, 6.45) is 1.01. The molecule has 1 N–H and O–H groups in total. The number of nitrogens with one attached hydrogen (secondary N) is 1. The molecule has 2 aromatic carbocycles. The van der Waals surface area contributed by atoms with Crippen LogP contribution in [0.4, 0.5) is 5.69 Å². The number of esters is 2. The fraction of sp³-hybridized carbons (Fsp3) is 0.174. The Morgan fingerprint density at radius 2 is 1.68 bits per heavy atom. The smallest absolute Gasteiger partial charge is 0.337 e. The van der Waals surface area contributed by atoms with Crippen LogP contribution in [-0.4, -0.2) is 37.0 Å². The number of furan rings is 1. The predicted molar refractivity (Wildman–Crippen MR) is 111 cm³/mol. The number of carbonyl (C=O) groups excluding carboxylic acids is 3. The Hall–Kier alpha value is -4.07. The number of amides is 1. The first-order valence-corrected chi connectivity index (χ1v) is 9.52. The van der Waals surface area contributed by atoms with Crippen molar-refractivity contribution in [2.24, 2.45) is 0 Å². The third-order valence-electron chi connectivity index (χ3n) is 5.04. The highest BCUT2D eigenvalue weighted by Crippen LogP contribution is 2.36. The van der Waals surface area contributed by atoms with Gasteiger partial charge in [-0.3, -0.25) is 4.79 Å². The second-order valence-electron chi connectivity index (χ2n) is 6.93. The molecule has 4 rings (SSSR count). The van der Waals surface area contributed by atoms with Gasteiger partial charge in [0.2, 0.25) is 0 Å². The summed E-state index contributed by atoms with van der Waals surface area (Å²) in [5.41, 5.74) is 2.18. The normalized spacial score (nSPS) is 14.8. The minimum absolute atomic E-state index is 0.151. The van der Waals surface area contributed by atoms with Gasteiger partial charge in [0, 0.05) is 16.8 Å². The summed E-state index contributed by atoms with van der Waals surface area (Å²) in [5, 5.41) is 3.28. The molecule has 1 aromatic heterocycles. The molecular weight excluding hydrogens is 400 g/mol. The number of hydrogen-bond acceptors (Lipinski definition) is 7. The molecular formula is C23H20N2O6. The topological polar surface area (TPSA) is 98.1 Å². The molecule has 1 aliphatic heterocycles. The lowest BCUT2D eigenvalue weighted by Crippen LogP contribution is -2.31. The van der Waals surface area contributed by atoms with Crippen molar-refractivity contribution >= 4 is 23.5 Å². The van der Waals surface area contributed by atoms with Crippen molar-refractivity contribution in [1.29, 1.82) is 0 Å². The molecule has 0 radical (unpaired) electrons. The maximum Gasteiger partial charge on any atom is 0.337 e. The number of hydrogen-bond donors (Lipinski definition) is 1. The van der Waals surface area contributed by atoms with Gasteiger partial charge >= 0.3 is 11.9 Å². The van der Waals surface area contributed by atoms with Crippen LogP contribution in [0.5, 0.6) is 0 Å². The number of anilines is 1. The first-order valence-electron chi connectivity index (χ1n) is 9.52. The van der Waals surface area contributed by atoms with Crippen LogP contribution in [0.1, 0.15) is 48.6 Å². The van der Waals surface area contributed by atoms with E-state index in [9.17, 15) is 14.4 Å². The minimum atomic E-state index is -0.593. The first-order chi connectivity index (χ1) is 15.0. The Labute approximate surface area is 178 Å². The summed E-state index contributed by atoms with van der Waals surface area (Å²) in [5.74, 6) is -0.707. The van der Waals surface area contributed by atoms with Crippen LogP contribution in [0, 0.1) is 0 Å². The molecule has 8 nitrogen and oxygen atoms in total. The van der Waals surface area contributed by atoms with Gasteiger partial charge in [-0.1, -0.05) is 18.2 Å². The van der Waals surface area contributed by atoms with Gasteiger partial charge in [0.25, 0.3) is 5.91 Å². The van der Waals surface area contributed by atoms with Crippen molar-refractivity contribution in [3.63, 3.8) is 0 Å². The second-order valence-corrected chi connectivity index (χ2v) is 6.93. The van der Waals surface area contributed by atoms with E-state index in [1.54, 1.807) is 47.6 Å². The molecule has 0 unspecified atom stereocenters. The molecule has 31 heavy (non-hydrogen) atoms. The molecule has 0 fully saturated rings. The third kappa shape index (κ3) is 3.87. The SMILES string of the molecule is COC(=O)c1cc(N[C@@H]2c3ccccc3C(=O)N2Cc2ccco2)cc(C(=O)OC)c1. The standard InChI is InChI=1S/C23H20N2O6/c1-29-22(27)14-10-15(23(28)30-2)12-16(11-14)24-20-18-7-3-4-8-19(18)21(26)25(20)13-17-6-5-9-31-17/h3-12,20,24H,13H2,1-2H3/t20-/m0/s1. The number of carbonyl (C=O) groups is 3. The van der Waals surface area contributed by atoms with Gasteiger partial charge in [-0.05, 0) is 36.4 Å². The highest BCUT2D eigenvalue weighted by Gasteiger charge is 2.37. The van der Waals surface area contributed by atoms with E-state index in [-0.39, 0.29) is 23.6 Å². The molecule has 0 aliphatic carbocycles. The van der Waals surface area contributed by atoms with Gasteiger partial charge in [-0.15, -0.1) is 0 Å². The molecule has 1 atom stereocenters.